The molecule has 2 aromatic rings. The molecule has 1 N–H and O–H groups in total. The van der Waals surface area contributed by atoms with Gasteiger partial charge in [-0.2, -0.15) is 0 Å². The zero-order chi connectivity index (χ0) is 21.5. The molecule has 0 saturated carbocycles. The second-order valence-corrected chi connectivity index (χ2v) is 10.4. The summed E-state index contributed by atoms with van der Waals surface area (Å²) in [5.74, 6) is 0.160. The number of carbonyl (C=O) groups excluding carboxylic acids is 1. The van der Waals surface area contributed by atoms with Crippen molar-refractivity contribution in [1.29, 1.82) is 0 Å². The van der Waals surface area contributed by atoms with Crippen molar-refractivity contribution in [1.82, 2.24) is 23.8 Å². The van der Waals surface area contributed by atoms with Gasteiger partial charge in [-0.25, -0.2) is 22.2 Å². The Morgan fingerprint density at radius 1 is 1.30 bits per heavy atom. The average Bonchev–Trinajstić information content (AvgIpc) is 3.18. The monoisotopic (exact) mass is 435 g/mol. The first-order chi connectivity index (χ1) is 14.3. The van der Waals surface area contributed by atoms with E-state index in [1.807, 2.05) is 13.0 Å². The molecule has 0 radical (unpaired) electrons. The maximum atomic E-state index is 13.1. The summed E-state index contributed by atoms with van der Waals surface area (Å²) < 4.78 is 27.5. The van der Waals surface area contributed by atoms with Gasteiger partial charge in [-0.05, 0) is 26.2 Å². The lowest BCUT2D eigenvalue weighted by Crippen LogP contribution is -2.40. The standard InChI is InChI=1S/C20H29N5O4S/c1-3-6-19(26)23-10-8-16-15(13-23)20(27)25-18(21-16)11-17(22-25)14-7-5-9-24(12-14)30(28,29)4-2/h11,14,22H,3-10,12-13H2,1-2H3. The molecule has 10 heteroatoms. The highest BCUT2D eigenvalue weighted by Gasteiger charge is 2.30. The van der Waals surface area contributed by atoms with E-state index in [0.29, 0.717) is 50.2 Å². The van der Waals surface area contributed by atoms with Crippen molar-refractivity contribution in [2.24, 2.45) is 0 Å². The molecule has 2 aliphatic rings. The van der Waals surface area contributed by atoms with Crippen LogP contribution < -0.4 is 5.56 Å². The van der Waals surface area contributed by atoms with Gasteiger partial charge in [0.05, 0.1) is 23.6 Å². The lowest BCUT2D eigenvalue weighted by molar-refractivity contribution is -0.132. The first kappa shape index (κ1) is 21.0. The number of nitrogens with zero attached hydrogens (tertiary/aromatic N) is 4. The summed E-state index contributed by atoms with van der Waals surface area (Å²) in [6, 6.07) is 1.86. The van der Waals surface area contributed by atoms with Gasteiger partial charge in [0.15, 0.2) is 5.65 Å². The molecule has 4 rings (SSSR count). The fourth-order valence-electron chi connectivity index (χ4n) is 4.43. The molecule has 1 atom stereocenters. The number of piperidine rings is 1. The Morgan fingerprint density at radius 2 is 2.10 bits per heavy atom. The van der Waals surface area contributed by atoms with Gasteiger partial charge in [0.25, 0.3) is 5.56 Å². The molecule has 9 nitrogen and oxygen atoms in total. The van der Waals surface area contributed by atoms with Gasteiger partial charge in [0.2, 0.25) is 15.9 Å². The molecule has 1 fully saturated rings. The fourth-order valence-corrected chi connectivity index (χ4v) is 5.60. The van der Waals surface area contributed by atoms with Gasteiger partial charge in [0, 0.05) is 50.2 Å². The Hall–Kier alpha value is -2.20. The lowest BCUT2D eigenvalue weighted by Gasteiger charge is -2.31. The molecular weight excluding hydrogens is 406 g/mol. The summed E-state index contributed by atoms with van der Waals surface area (Å²) in [6.45, 7) is 5.46. The molecule has 0 bridgehead atoms. The molecule has 1 saturated heterocycles. The zero-order valence-electron chi connectivity index (χ0n) is 17.6. The van der Waals surface area contributed by atoms with E-state index in [1.54, 1.807) is 16.1 Å². The number of nitrogens with one attached hydrogen (secondary N) is 1. The summed E-state index contributed by atoms with van der Waals surface area (Å²) in [4.78, 5) is 31.8. The van der Waals surface area contributed by atoms with Crippen LogP contribution in [0.25, 0.3) is 5.65 Å². The van der Waals surface area contributed by atoms with Crippen molar-refractivity contribution in [3.05, 3.63) is 33.4 Å². The average molecular weight is 436 g/mol. The molecule has 1 amide bonds. The minimum atomic E-state index is -3.23. The number of carbonyl (C=O) groups is 1. The van der Waals surface area contributed by atoms with Crippen molar-refractivity contribution in [2.75, 3.05) is 25.4 Å². The van der Waals surface area contributed by atoms with Gasteiger partial charge in [0.1, 0.15) is 0 Å². The number of hydrogen-bond acceptors (Lipinski definition) is 5. The second-order valence-electron chi connectivity index (χ2n) is 8.16. The molecule has 1 unspecified atom stereocenters. The largest absolute Gasteiger partial charge is 0.338 e. The summed E-state index contributed by atoms with van der Waals surface area (Å²) in [6.07, 6.45) is 3.48. The summed E-state index contributed by atoms with van der Waals surface area (Å²) >= 11 is 0. The van der Waals surface area contributed by atoms with Crippen LogP contribution in [0.5, 0.6) is 0 Å². The maximum Gasteiger partial charge on any atom is 0.277 e. The molecule has 2 aromatic heterocycles. The second kappa shape index (κ2) is 8.14. The highest BCUT2D eigenvalue weighted by molar-refractivity contribution is 7.89. The Bertz CT molecular complexity index is 1120. The van der Waals surface area contributed by atoms with E-state index < -0.39 is 10.0 Å². The SMILES string of the molecule is CCCC(=O)N1CCc2nc3cc(C4CCCN(S(=O)(=O)CC)C4)[nH]n3c(=O)c2C1. The predicted molar refractivity (Wildman–Crippen MR) is 113 cm³/mol. The summed E-state index contributed by atoms with van der Waals surface area (Å²) in [7, 11) is -3.23. The third kappa shape index (κ3) is 3.78. The number of amides is 1. The highest BCUT2D eigenvalue weighted by Crippen LogP contribution is 2.28. The number of aromatic amines is 1. The van der Waals surface area contributed by atoms with E-state index >= 15 is 0 Å². The van der Waals surface area contributed by atoms with E-state index in [9.17, 15) is 18.0 Å². The number of fused-ring (bicyclic) bond motifs is 2. The van der Waals surface area contributed by atoms with Gasteiger partial charge >= 0.3 is 0 Å². The van der Waals surface area contributed by atoms with Crippen LogP contribution in [0.3, 0.4) is 0 Å². The first-order valence-electron chi connectivity index (χ1n) is 10.7. The smallest absolute Gasteiger partial charge is 0.277 e. The van der Waals surface area contributed by atoms with Crippen LogP contribution in [-0.4, -0.2) is 63.5 Å². The molecule has 0 aliphatic carbocycles. The van der Waals surface area contributed by atoms with Crippen molar-refractivity contribution < 1.29 is 13.2 Å². The van der Waals surface area contributed by atoms with Crippen LogP contribution >= 0.6 is 0 Å². The van der Waals surface area contributed by atoms with Gasteiger partial charge in [-0.1, -0.05) is 6.92 Å². The summed E-state index contributed by atoms with van der Waals surface area (Å²) in [5.41, 5.74) is 2.53. The number of H-pyrrole nitrogens is 1. The Morgan fingerprint density at radius 3 is 2.83 bits per heavy atom. The van der Waals surface area contributed by atoms with Crippen molar-refractivity contribution in [3.63, 3.8) is 0 Å². The van der Waals surface area contributed by atoms with Gasteiger partial charge in [-0.3, -0.25) is 14.7 Å². The lowest BCUT2D eigenvalue weighted by atomic mass is 9.96. The van der Waals surface area contributed by atoms with Crippen molar-refractivity contribution >= 4 is 21.6 Å². The number of aromatic nitrogens is 3. The van der Waals surface area contributed by atoms with Crippen LogP contribution in [0, 0.1) is 0 Å². The van der Waals surface area contributed by atoms with Crippen LogP contribution in [0.4, 0.5) is 0 Å². The zero-order valence-corrected chi connectivity index (χ0v) is 18.4. The van der Waals surface area contributed by atoms with Crippen LogP contribution in [0.2, 0.25) is 0 Å². The van der Waals surface area contributed by atoms with E-state index in [-0.39, 0.29) is 23.1 Å². The van der Waals surface area contributed by atoms with Crippen LogP contribution in [-0.2, 0) is 27.8 Å². The minimum absolute atomic E-state index is 0.000772. The van der Waals surface area contributed by atoms with Crippen molar-refractivity contribution in [3.8, 4) is 0 Å². The molecular formula is C20H29N5O4S. The Balaban J connectivity index is 1.64. The Labute approximate surface area is 176 Å². The Kier molecular flexibility index (Phi) is 5.71. The third-order valence-electron chi connectivity index (χ3n) is 6.18. The molecule has 30 heavy (non-hydrogen) atoms. The van der Waals surface area contributed by atoms with E-state index in [0.717, 1.165) is 30.7 Å². The predicted octanol–water partition coefficient (Wildman–Crippen LogP) is 1.24. The maximum absolute atomic E-state index is 13.1. The quantitative estimate of drug-likeness (QED) is 0.760. The van der Waals surface area contributed by atoms with Crippen LogP contribution in [0.1, 0.15) is 62.4 Å². The molecule has 0 spiro atoms. The van der Waals surface area contributed by atoms with Gasteiger partial charge < -0.3 is 4.90 Å². The van der Waals surface area contributed by atoms with E-state index in [4.69, 9.17) is 0 Å². The summed E-state index contributed by atoms with van der Waals surface area (Å²) in [5, 5.41) is 3.16. The third-order valence-corrected chi connectivity index (χ3v) is 8.03. The van der Waals surface area contributed by atoms with E-state index in [2.05, 4.69) is 10.1 Å². The fraction of sp³-hybridized carbons (Fsp3) is 0.650. The number of sulfonamides is 1. The molecule has 0 aromatic carbocycles. The van der Waals surface area contributed by atoms with E-state index in [1.165, 1.54) is 4.52 Å². The van der Waals surface area contributed by atoms with Crippen molar-refractivity contribution in [2.45, 2.75) is 58.4 Å². The number of hydrogen-bond donors (Lipinski definition) is 1. The first-order valence-corrected chi connectivity index (χ1v) is 12.3. The number of rotatable bonds is 5. The minimum Gasteiger partial charge on any atom is -0.338 e. The molecule has 4 heterocycles. The highest BCUT2D eigenvalue weighted by atomic mass is 32.2. The topological polar surface area (TPSA) is 108 Å². The molecule has 2 aliphatic heterocycles. The van der Waals surface area contributed by atoms with Gasteiger partial charge in [-0.15, -0.1) is 0 Å². The molecule has 164 valence electrons. The normalized spacial score (nSPS) is 20.5. The van der Waals surface area contributed by atoms with Crippen LogP contribution in [0.15, 0.2) is 10.9 Å².